The Morgan fingerprint density at radius 2 is 2.28 bits per heavy atom. The van der Waals surface area contributed by atoms with Gasteiger partial charge in [0.15, 0.2) is 0 Å². The van der Waals surface area contributed by atoms with Gasteiger partial charge in [0.05, 0.1) is 5.57 Å². The van der Waals surface area contributed by atoms with Crippen LogP contribution in [0.1, 0.15) is 30.9 Å². The van der Waals surface area contributed by atoms with E-state index in [-0.39, 0.29) is 34.8 Å². The molecule has 2 rings (SSSR count). The third-order valence-corrected chi connectivity index (χ3v) is 4.25. The summed E-state index contributed by atoms with van der Waals surface area (Å²) < 4.78 is 1.11. The average molecular weight is 391 g/mol. The van der Waals surface area contributed by atoms with Crippen LogP contribution in [-0.4, -0.2) is 32.6 Å². The standard InChI is InChI=1S/C20H20N7O2/c1-3-4-9-27-19(28)15(12-23)13(2)17(20(27)29)26-18(14(10-21)11-22)25-16-7-5-6-8-24-16/h5-8,10,21,28H,3-4,9H2,1-2H3,(H,24,25,26)/q-1/p+1. The van der Waals surface area contributed by atoms with E-state index in [1.54, 1.807) is 24.4 Å². The first kappa shape index (κ1) is 21.4. The van der Waals surface area contributed by atoms with Crippen molar-refractivity contribution in [1.29, 1.82) is 10.7 Å². The first-order valence-electron chi connectivity index (χ1n) is 8.97. The highest BCUT2D eigenvalue weighted by Gasteiger charge is 2.21. The summed E-state index contributed by atoms with van der Waals surface area (Å²) in [7, 11) is 0. The average Bonchev–Trinajstić information content (AvgIpc) is 2.73. The summed E-state index contributed by atoms with van der Waals surface area (Å²) in [6, 6.07) is 7.09. The molecule has 148 valence electrons. The number of nitrogens with zero attached hydrogens (tertiary/aromatic N) is 5. The van der Waals surface area contributed by atoms with Crippen LogP contribution in [0.3, 0.4) is 0 Å². The molecule has 2 aromatic heterocycles. The lowest BCUT2D eigenvalue weighted by molar-refractivity contribution is -0.446. The fourth-order valence-corrected chi connectivity index (χ4v) is 2.65. The largest absolute Gasteiger partial charge is 0.763 e. The molecule has 29 heavy (non-hydrogen) atoms. The molecule has 0 aliphatic rings. The molecule has 2 heterocycles. The maximum absolute atomic E-state index is 13.0. The second-order valence-electron chi connectivity index (χ2n) is 6.16. The number of quaternary nitrogens is 1. The summed E-state index contributed by atoms with van der Waals surface area (Å²) in [6.45, 7) is 3.69. The molecule has 0 radical (unpaired) electrons. The lowest BCUT2D eigenvalue weighted by atomic mass is 10.1. The van der Waals surface area contributed by atoms with Gasteiger partial charge in [0.1, 0.15) is 17.3 Å². The quantitative estimate of drug-likeness (QED) is 0.485. The number of aromatic hydroxyl groups is 1. The van der Waals surface area contributed by atoms with Gasteiger partial charge in [-0.2, -0.15) is 10.3 Å². The molecule has 0 saturated heterocycles. The molecular weight excluding hydrogens is 370 g/mol. The zero-order valence-electron chi connectivity index (χ0n) is 16.2. The Morgan fingerprint density at radius 3 is 2.83 bits per heavy atom. The van der Waals surface area contributed by atoms with Crippen molar-refractivity contribution < 1.29 is 10.4 Å². The van der Waals surface area contributed by atoms with Gasteiger partial charge in [-0.3, -0.25) is 15.2 Å². The zero-order chi connectivity index (χ0) is 21.4. The Balaban J connectivity index is 2.75. The van der Waals surface area contributed by atoms with Crippen molar-refractivity contribution in [2.45, 2.75) is 33.2 Å². The van der Waals surface area contributed by atoms with Gasteiger partial charge in [-0.15, -0.1) is 0 Å². The molecular formula is C20H21N7O2. The van der Waals surface area contributed by atoms with Crippen molar-refractivity contribution in [3.05, 3.63) is 56.9 Å². The minimum Gasteiger partial charge on any atom is -0.763 e. The monoisotopic (exact) mass is 391 g/mol. The molecule has 0 bridgehead atoms. The molecule has 0 aliphatic heterocycles. The number of nitriles is 1. The SMILES string of the molecule is CCCCn1c(O)c(C#N)c(C)c(N=C([NH2+]c2ccccn2)C(=C=[N-])C=N)c1=O. The van der Waals surface area contributed by atoms with Crippen molar-refractivity contribution in [1.82, 2.24) is 9.55 Å². The van der Waals surface area contributed by atoms with E-state index in [1.807, 2.05) is 18.9 Å². The Labute approximate surface area is 167 Å². The van der Waals surface area contributed by atoms with Crippen LogP contribution >= 0.6 is 0 Å². The van der Waals surface area contributed by atoms with Crippen LogP contribution in [-0.2, 0) is 6.54 Å². The van der Waals surface area contributed by atoms with Crippen molar-refractivity contribution in [3.63, 3.8) is 0 Å². The van der Waals surface area contributed by atoms with Crippen LogP contribution in [0.15, 0.2) is 39.8 Å². The van der Waals surface area contributed by atoms with Gasteiger partial charge in [0.25, 0.3) is 5.56 Å². The number of rotatable bonds is 7. The number of nitrogens with two attached hydrogens (primary N) is 1. The molecule has 0 atom stereocenters. The molecule has 2 aromatic rings. The van der Waals surface area contributed by atoms with E-state index < -0.39 is 11.4 Å². The number of amidine groups is 1. The highest BCUT2D eigenvalue weighted by Crippen LogP contribution is 2.25. The zero-order valence-corrected chi connectivity index (χ0v) is 16.2. The molecule has 0 aromatic carbocycles. The van der Waals surface area contributed by atoms with Crippen LogP contribution in [0, 0.1) is 23.7 Å². The number of nitrogens with one attached hydrogen (secondary N) is 1. The molecule has 9 heteroatoms. The Morgan fingerprint density at radius 1 is 1.52 bits per heavy atom. The van der Waals surface area contributed by atoms with E-state index in [4.69, 9.17) is 5.41 Å². The summed E-state index contributed by atoms with van der Waals surface area (Å²) >= 11 is 0. The number of unbranched alkanes of at least 4 members (excludes halogenated alkanes) is 1. The Kier molecular flexibility index (Phi) is 7.32. The normalized spacial score (nSPS) is 10.9. The second-order valence-corrected chi connectivity index (χ2v) is 6.16. The Bertz CT molecular complexity index is 1090. The number of aliphatic imine (C=N–C) groups is 1. The number of hydrogen-bond donors (Lipinski definition) is 3. The number of hydrogen-bond acceptors (Lipinski definition) is 6. The Hall–Kier alpha value is -3.86. The van der Waals surface area contributed by atoms with Gasteiger partial charge in [-0.25, -0.2) is 10.3 Å². The van der Waals surface area contributed by atoms with Gasteiger partial charge in [0.2, 0.25) is 17.5 Å². The fraction of sp³-hybridized carbons (Fsp3) is 0.250. The minimum atomic E-state index is -0.568. The maximum atomic E-state index is 13.0. The van der Waals surface area contributed by atoms with Crippen molar-refractivity contribution in [2.75, 3.05) is 0 Å². The minimum absolute atomic E-state index is 0.0509. The predicted molar refractivity (Wildman–Crippen MR) is 110 cm³/mol. The summed E-state index contributed by atoms with van der Waals surface area (Å²) in [6.07, 6.45) is 3.83. The van der Waals surface area contributed by atoms with E-state index in [0.29, 0.717) is 12.2 Å². The van der Waals surface area contributed by atoms with Gasteiger partial charge in [0, 0.05) is 30.6 Å². The highest BCUT2D eigenvalue weighted by molar-refractivity contribution is 6.18. The summed E-state index contributed by atoms with van der Waals surface area (Å²) in [5.41, 5.74) is -0.544. The highest BCUT2D eigenvalue weighted by atomic mass is 16.3. The van der Waals surface area contributed by atoms with Gasteiger partial charge >= 0.3 is 0 Å². The summed E-state index contributed by atoms with van der Waals surface area (Å²) in [5, 5.41) is 38.2. The van der Waals surface area contributed by atoms with Crippen LogP contribution < -0.4 is 10.9 Å². The lowest BCUT2D eigenvalue weighted by Gasteiger charge is -2.13. The van der Waals surface area contributed by atoms with E-state index in [1.165, 1.54) is 12.2 Å². The third-order valence-electron chi connectivity index (χ3n) is 4.25. The van der Waals surface area contributed by atoms with Crippen LogP contribution in [0.4, 0.5) is 11.5 Å². The van der Waals surface area contributed by atoms with Gasteiger partial charge in [-0.1, -0.05) is 19.4 Å². The summed E-state index contributed by atoms with van der Waals surface area (Å²) in [5.74, 6) is 2.04. The van der Waals surface area contributed by atoms with Crippen LogP contribution in [0.2, 0.25) is 0 Å². The number of aromatic nitrogens is 2. The molecule has 4 N–H and O–H groups in total. The molecule has 9 nitrogen and oxygen atoms in total. The topological polar surface area (TPSA) is 154 Å². The van der Waals surface area contributed by atoms with E-state index in [9.17, 15) is 20.6 Å². The lowest BCUT2D eigenvalue weighted by Crippen LogP contribution is -2.83. The van der Waals surface area contributed by atoms with Crippen LogP contribution in [0.5, 0.6) is 5.88 Å². The fourth-order valence-electron chi connectivity index (χ4n) is 2.65. The second kappa shape index (κ2) is 9.90. The van der Waals surface area contributed by atoms with Crippen molar-refractivity contribution in [3.8, 4) is 11.9 Å². The molecule has 0 saturated carbocycles. The third kappa shape index (κ3) is 4.71. The summed E-state index contributed by atoms with van der Waals surface area (Å²) in [4.78, 5) is 21.5. The van der Waals surface area contributed by atoms with Gasteiger partial charge in [-0.05, 0) is 19.4 Å². The van der Waals surface area contributed by atoms with E-state index >= 15 is 0 Å². The van der Waals surface area contributed by atoms with Crippen LogP contribution in [0.25, 0.3) is 5.41 Å². The predicted octanol–water partition coefficient (Wildman–Crippen LogP) is 1.67. The maximum Gasteiger partial charge on any atom is 0.279 e. The van der Waals surface area contributed by atoms with Gasteiger partial charge < -0.3 is 15.9 Å². The van der Waals surface area contributed by atoms with Crippen molar-refractivity contribution >= 4 is 29.4 Å². The first-order chi connectivity index (χ1) is 14.0. The molecule has 0 unspecified atom stereocenters. The molecule has 0 spiro atoms. The molecule has 0 amide bonds. The first-order valence-corrected chi connectivity index (χ1v) is 8.97. The van der Waals surface area contributed by atoms with E-state index in [0.717, 1.165) is 17.2 Å². The van der Waals surface area contributed by atoms with Crippen molar-refractivity contribution in [2.24, 2.45) is 4.99 Å². The molecule has 0 fully saturated rings. The smallest absolute Gasteiger partial charge is 0.279 e. The number of pyridine rings is 2. The molecule has 0 aliphatic carbocycles. The van der Waals surface area contributed by atoms with E-state index in [2.05, 4.69) is 9.98 Å².